The maximum atomic E-state index is 5.22. The molecule has 0 saturated heterocycles. The predicted molar refractivity (Wildman–Crippen MR) is 97.6 cm³/mol. The monoisotopic (exact) mass is 418 g/mol. The van der Waals surface area contributed by atoms with Crippen LogP contribution in [-0.4, -0.2) is 25.1 Å². The van der Waals surface area contributed by atoms with Gasteiger partial charge >= 0.3 is 0 Å². The molecule has 0 spiro atoms. The Kier molecular flexibility index (Phi) is 8.06. The van der Waals surface area contributed by atoms with Crippen LogP contribution in [0.1, 0.15) is 10.4 Å². The Morgan fingerprint density at radius 2 is 2.10 bits per heavy atom. The van der Waals surface area contributed by atoms with Crippen molar-refractivity contribution in [1.82, 2.24) is 15.6 Å². The van der Waals surface area contributed by atoms with E-state index in [1.54, 1.807) is 31.7 Å². The van der Waals surface area contributed by atoms with Crippen LogP contribution in [0.25, 0.3) is 0 Å². The first kappa shape index (κ1) is 17.7. The first-order valence-corrected chi connectivity index (χ1v) is 7.16. The molecule has 2 N–H and O–H groups in total. The lowest BCUT2D eigenvalue weighted by Crippen LogP contribution is -2.36. The summed E-state index contributed by atoms with van der Waals surface area (Å²) in [7, 11) is 3.37. The van der Waals surface area contributed by atoms with Crippen molar-refractivity contribution in [2.24, 2.45) is 4.99 Å². The van der Waals surface area contributed by atoms with Gasteiger partial charge < -0.3 is 15.4 Å². The summed E-state index contributed by atoms with van der Waals surface area (Å²) in [6.07, 6.45) is 1.71. The van der Waals surface area contributed by atoms with Gasteiger partial charge in [0.25, 0.3) is 0 Å². The van der Waals surface area contributed by atoms with Gasteiger partial charge in [-0.05, 0) is 17.5 Å². The van der Waals surface area contributed by atoms with Crippen molar-refractivity contribution < 1.29 is 4.74 Å². The van der Waals surface area contributed by atoms with E-state index in [4.69, 9.17) is 4.74 Å². The minimum Gasteiger partial charge on any atom is -0.481 e. The number of hydrogen-bond acceptors (Lipinski definition) is 4. The van der Waals surface area contributed by atoms with Crippen LogP contribution < -0.4 is 15.4 Å². The second kappa shape index (κ2) is 9.56. The van der Waals surface area contributed by atoms with Crippen LogP contribution in [0.2, 0.25) is 0 Å². The van der Waals surface area contributed by atoms with Crippen LogP contribution in [0.3, 0.4) is 0 Å². The molecule has 2 rings (SSSR count). The third-order valence-electron chi connectivity index (χ3n) is 2.72. The van der Waals surface area contributed by atoms with Crippen molar-refractivity contribution in [1.29, 1.82) is 0 Å². The SMILES string of the molecule is CN=C(NCc1cccs1)NCc1cccnc1OC.I. The standard InChI is InChI=1S/C14H18N4OS.HI/c1-15-14(18-10-12-6-4-8-20-12)17-9-11-5-3-7-16-13(11)19-2;/h3-8H,9-10H2,1-2H3,(H2,15,17,18);1H. The second-order valence-electron chi connectivity index (χ2n) is 4.03. The molecular formula is C14H19IN4OS. The van der Waals surface area contributed by atoms with E-state index < -0.39 is 0 Å². The molecule has 7 heteroatoms. The van der Waals surface area contributed by atoms with Gasteiger partial charge in [-0.15, -0.1) is 35.3 Å². The minimum atomic E-state index is 0. The number of methoxy groups -OCH3 is 1. The van der Waals surface area contributed by atoms with Crippen LogP contribution in [0.15, 0.2) is 40.8 Å². The Morgan fingerprint density at radius 1 is 1.29 bits per heavy atom. The van der Waals surface area contributed by atoms with E-state index in [9.17, 15) is 0 Å². The van der Waals surface area contributed by atoms with Crippen molar-refractivity contribution in [3.8, 4) is 5.88 Å². The summed E-state index contributed by atoms with van der Waals surface area (Å²) in [6, 6.07) is 8.00. The number of nitrogens with zero attached hydrogens (tertiary/aromatic N) is 2. The molecule has 21 heavy (non-hydrogen) atoms. The van der Waals surface area contributed by atoms with E-state index in [1.165, 1.54) is 4.88 Å². The van der Waals surface area contributed by atoms with Crippen LogP contribution in [0.5, 0.6) is 5.88 Å². The summed E-state index contributed by atoms with van der Waals surface area (Å²) in [6.45, 7) is 1.38. The van der Waals surface area contributed by atoms with Gasteiger partial charge in [-0.1, -0.05) is 12.1 Å². The summed E-state index contributed by atoms with van der Waals surface area (Å²) in [5.74, 6) is 1.39. The highest BCUT2D eigenvalue weighted by Gasteiger charge is 2.04. The zero-order valence-electron chi connectivity index (χ0n) is 12.0. The maximum Gasteiger partial charge on any atom is 0.218 e. The Bertz CT molecular complexity index is 560. The third kappa shape index (κ3) is 5.50. The van der Waals surface area contributed by atoms with Crippen LogP contribution in [0, 0.1) is 0 Å². The normalized spacial score (nSPS) is 10.7. The Balaban J connectivity index is 0.00000220. The van der Waals surface area contributed by atoms with Crippen molar-refractivity contribution in [2.75, 3.05) is 14.2 Å². The fourth-order valence-electron chi connectivity index (χ4n) is 1.73. The van der Waals surface area contributed by atoms with Gasteiger partial charge in [0, 0.05) is 30.2 Å². The van der Waals surface area contributed by atoms with Crippen LogP contribution in [0.4, 0.5) is 0 Å². The molecule has 0 saturated carbocycles. The first-order chi connectivity index (χ1) is 9.83. The topological polar surface area (TPSA) is 58.5 Å². The number of ether oxygens (including phenoxy) is 1. The number of pyridine rings is 1. The number of thiophene rings is 1. The molecule has 0 bridgehead atoms. The lowest BCUT2D eigenvalue weighted by molar-refractivity contribution is 0.392. The quantitative estimate of drug-likeness (QED) is 0.446. The Labute approximate surface area is 145 Å². The number of halogens is 1. The van der Waals surface area contributed by atoms with E-state index in [0.717, 1.165) is 18.1 Å². The molecule has 114 valence electrons. The largest absolute Gasteiger partial charge is 0.481 e. The van der Waals surface area contributed by atoms with E-state index in [-0.39, 0.29) is 24.0 Å². The molecule has 0 unspecified atom stereocenters. The lowest BCUT2D eigenvalue weighted by atomic mass is 10.2. The van der Waals surface area contributed by atoms with Gasteiger partial charge in [0.2, 0.25) is 5.88 Å². The van der Waals surface area contributed by atoms with E-state index >= 15 is 0 Å². The van der Waals surface area contributed by atoms with Crippen LogP contribution in [-0.2, 0) is 13.1 Å². The summed E-state index contributed by atoms with van der Waals surface area (Å²) in [5, 5.41) is 8.58. The van der Waals surface area contributed by atoms with Gasteiger partial charge in [0.1, 0.15) is 0 Å². The molecule has 2 aromatic rings. The number of guanidine groups is 1. The Hall–Kier alpha value is -1.35. The fraction of sp³-hybridized carbons (Fsp3) is 0.286. The molecular weight excluding hydrogens is 399 g/mol. The summed E-state index contributed by atoms with van der Waals surface area (Å²) in [5.41, 5.74) is 0.995. The number of aromatic nitrogens is 1. The zero-order valence-corrected chi connectivity index (χ0v) is 15.1. The maximum absolute atomic E-state index is 5.22. The van der Waals surface area contributed by atoms with Gasteiger partial charge in [-0.25, -0.2) is 4.98 Å². The van der Waals surface area contributed by atoms with Crippen LogP contribution >= 0.6 is 35.3 Å². The Morgan fingerprint density at radius 3 is 2.76 bits per heavy atom. The fourth-order valence-corrected chi connectivity index (χ4v) is 2.37. The average molecular weight is 418 g/mol. The third-order valence-corrected chi connectivity index (χ3v) is 3.60. The highest BCUT2D eigenvalue weighted by atomic mass is 127. The van der Waals surface area contributed by atoms with Gasteiger partial charge in [-0.2, -0.15) is 0 Å². The molecule has 0 aromatic carbocycles. The molecule has 5 nitrogen and oxygen atoms in total. The number of aliphatic imine (C=N–C) groups is 1. The van der Waals surface area contributed by atoms with E-state index in [1.807, 2.05) is 18.2 Å². The van der Waals surface area contributed by atoms with Crippen molar-refractivity contribution in [3.63, 3.8) is 0 Å². The number of nitrogens with one attached hydrogen (secondary N) is 2. The van der Waals surface area contributed by atoms with E-state index in [0.29, 0.717) is 12.4 Å². The van der Waals surface area contributed by atoms with Gasteiger partial charge in [0.05, 0.1) is 13.7 Å². The number of hydrogen-bond donors (Lipinski definition) is 2. The molecule has 2 aromatic heterocycles. The van der Waals surface area contributed by atoms with Gasteiger partial charge in [-0.3, -0.25) is 4.99 Å². The second-order valence-corrected chi connectivity index (χ2v) is 5.06. The summed E-state index contributed by atoms with van der Waals surface area (Å²) in [4.78, 5) is 9.63. The molecule has 0 aliphatic heterocycles. The molecule has 2 heterocycles. The van der Waals surface area contributed by atoms with Crippen molar-refractivity contribution >= 4 is 41.3 Å². The molecule has 0 aliphatic carbocycles. The van der Waals surface area contributed by atoms with Crippen molar-refractivity contribution in [3.05, 3.63) is 46.3 Å². The highest BCUT2D eigenvalue weighted by molar-refractivity contribution is 14.0. The molecule has 0 atom stereocenters. The average Bonchev–Trinajstić information content (AvgIpc) is 3.01. The molecule has 0 amide bonds. The minimum absolute atomic E-state index is 0. The summed E-state index contributed by atoms with van der Waals surface area (Å²) >= 11 is 1.72. The smallest absolute Gasteiger partial charge is 0.218 e. The zero-order chi connectivity index (χ0) is 14.2. The molecule has 0 radical (unpaired) electrons. The molecule has 0 fully saturated rings. The van der Waals surface area contributed by atoms with Gasteiger partial charge in [0.15, 0.2) is 5.96 Å². The highest BCUT2D eigenvalue weighted by Crippen LogP contribution is 2.12. The van der Waals surface area contributed by atoms with Crippen molar-refractivity contribution in [2.45, 2.75) is 13.1 Å². The lowest BCUT2D eigenvalue weighted by Gasteiger charge is -2.12. The first-order valence-electron chi connectivity index (χ1n) is 6.28. The summed E-state index contributed by atoms with van der Waals surface area (Å²) < 4.78 is 5.22. The van der Waals surface area contributed by atoms with E-state index in [2.05, 4.69) is 32.1 Å². The number of rotatable bonds is 5. The predicted octanol–water partition coefficient (Wildman–Crippen LogP) is 2.63. The molecule has 0 aliphatic rings.